The monoisotopic (exact) mass is 838 g/mol. The van der Waals surface area contributed by atoms with Gasteiger partial charge in [-0.1, -0.05) is 178 Å². The van der Waals surface area contributed by atoms with Gasteiger partial charge in [0.25, 0.3) is 7.82 Å². The van der Waals surface area contributed by atoms with E-state index in [1.807, 2.05) is 21.1 Å². The van der Waals surface area contributed by atoms with Crippen LogP contribution in [0.1, 0.15) is 194 Å². The average molecular weight is 838 g/mol. The zero-order valence-electron chi connectivity index (χ0n) is 38.0. The molecule has 0 saturated carbocycles. The van der Waals surface area contributed by atoms with Crippen molar-refractivity contribution in [3.05, 3.63) is 48.6 Å². The topological polar surface area (TPSA) is 111 Å². The van der Waals surface area contributed by atoms with Gasteiger partial charge in [0.15, 0.2) is 6.10 Å². The van der Waals surface area contributed by atoms with Crippen LogP contribution in [-0.2, 0) is 32.7 Å². The Bertz CT molecular complexity index is 1130. The molecule has 9 nitrogen and oxygen atoms in total. The van der Waals surface area contributed by atoms with Gasteiger partial charge in [0.05, 0.1) is 27.7 Å². The highest BCUT2D eigenvalue weighted by atomic mass is 31.2. The third-order valence-electron chi connectivity index (χ3n) is 9.83. The quantitative estimate of drug-likeness (QED) is 0.0196. The number of likely N-dealkylation sites (N-methyl/N-ethyl adjacent to an activating group) is 1. The number of hydrogen-bond donors (Lipinski definition) is 0. The number of phosphoric acid groups is 1. The van der Waals surface area contributed by atoms with Gasteiger partial charge in [-0.05, 0) is 51.4 Å². The Morgan fingerprint density at radius 1 is 0.534 bits per heavy atom. The fraction of sp³-hybridized carbons (Fsp3) is 0.792. The third-order valence-corrected chi connectivity index (χ3v) is 10.8. The highest BCUT2D eigenvalue weighted by Gasteiger charge is 2.21. The standard InChI is InChI=1S/C48H88NO8P/c1-6-8-10-12-14-16-18-20-22-24-26-28-30-32-34-36-38-40-47(50)54-44-46(45-56-58(52,53)55-43-42-49(3,4)5)57-48(51)41-39-37-35-33-31-29-27-25-23-21-19-17-15-13-11-9-7-2/h10,12,16,18,22,24,28,30,46H,6-9,11,13-15,17,19-21,23,25-27,29,31-45H2,1-5H3/b12-10+,18-16+,24-22+,30-28+/t46-/m1/s1. The molecular weight excluding hydrogens is 750 g/mol. The Hall–Kier alpha value is -2.03. The lowest BCUT2D eigenvalue weighted by molar-refractivity contribution is -0.870. The van der Waals surface area contributed by atoms with E-state index in [1.165, 1.54) is 89.9 Å². The summed E-state index contributed by atoms with van der Waals surface area (Å²) in [6.45, 7) is 4.14. The number of carbonyl (C=O) groups is 2. The van der Waals surface area contributed by atoms with E-state index >= 15 is 0 Å². The molecule has 0 saturated heterocycles. The van der Waals surface area contributed by atoms with Crippen molar-refractivity contribution in [1.29, 1.82) is 0 Å². The molecule has 0 fully saturated rings. The SMILES string of the molecule is CCC/C=C/C/C=C/C/C=C/C/C=C/CCCCCC(=O)OC[C@H](COP(=O)([O-])OCC[N+](C)(C)C)OC(=O)CCCCCCCCCCCCCCCCCCC. The summed E-state index contributed by atoms with van der Waals surface area (Å²) in [5.74, 6) is -0.867. The van der Waals surface area contributed by atoms with Crippen LogP contribution in [0.15, 0.2) is 48.6 Å². The van der Waals surface area contributed by atoms with E-state index in [0.29, 0.717) is 23.9 Å². The van der Waals surface area contributed by atoms with E-state index in [0.717, 1.165) is 64.2 Å². The minimum Gasteiger partial charge on any atom is -0.756 e. The van der Waals surface area contributed by atoms with Crippen LogP contribution < -0.4 is 4.89 Å². The molecule has 0 aromatic rings. The van der Waals surface area contributed by atoms with Crippen LogP contribution in [0.4, 0.5) is 0 Å². The molecule has 0 aromatic carbocycles. The molecule has 1 unspecified atom stereocenters. The maximum Gasteiger partial charge on any atom is 0.306 e. The average Bonchev–Trinajstić information content (AvgIpc) is 3.17. The molecular formula is C48H88NO8P. The zero-order valence-corrected chi connectivity index (χ0v) is 38.9. The first-order chi connectivity index (χ1) is 28.0. The predicted molar refractivity (Wildman–Crippen MR) is 240 cm³/mol. The van der Waals surface area contributed by atoms with Crippen molar-refractivity contribution >= 4 is 19.8 Å². The van der Waals surface area contributed by atoms with Crippen molar-refractivity contribution in [2.24, 2.45) is 0 Å². The summed E-state index contributed by atoms with van der Waals surface area (Å²) in [5.41, 5.74) is 0. The molecule has 338 valence electrons. The fourth-order valence-corrected chi connectivity index (χ4v) is 6.90. The number of carbonyl (C=O) groups excluding carboxylic acids is 2. The number of esters is 2. The number of unbranched alkanes of at least 4 members (excludes halogenated alkanes) is 20. The first-order valence-corrected chi connectivity index (χ1v) is 24.8. The van der Waals surface area contributed by atoms with Gasteiger partial charge in [0.2, 0.25) is 0 Å². The summed E-state index contributed by atoms with van der Waals surface area (Å²) in [6.07, 6.45) is 47.0. The molecule has 0 amide bonds. The predicted octanol–water partition coefficient (Wildman–Crippen LogP) is 12.8. The molecule has 0 spiro atoms. The number of rotatable bonds is 42. The molecule has 0 aliphatic rings. The lowest BCUT2D eigenvalue weighted by atomic mass is 10.0. The van der Waals surface area contributed by atoms with E-state index in [4.69, 9.17) is 18.5 Å². The van der Waals surface area contributed by atoms with E-state index in [9.17, 15) is 19.0 Å². The number of quaternary nitrogens is 1. The van der Waals surface area contributed by atoms with Gasteiger partial charge in [-0.15, -0.1) is 0 Å². The second-order valence-corrected chi connectivity index (χ2v) is 18.2. The lowest BCUT2D eigenvalue weighted by Crippen LogP contribution is -2.37. The van der Waals surface area contributed by atoms with Gasteiger partial charge < -0.3 is 27.9 Å². The minimum atomic E-state index is -4.63. The van der Waals surface area contributed by atoms with Gasteiger partial charge in [-0.25, -0.2) is 0 Å². The third kappa shape index (κ3) is 43.5. The second-order valence-electron chi connectivity index (χ2n) is 16.8. The zero-order chi connectivity index (χ0) is 42.8. The molecule has 58 heavy (non-hydrogen) atoms. The first-order valence-electron chi connectivity index (χ1n) is 23.3. The van der Waals surface area contributed by atoms with E-state index in [1.54, 1.807) is 0 Å². The number of nitrogens with zero attached hydrogens (tertiary/aromatic N) is 1. The summed E-state index contributed by atoms with van der Waals surface area (Å²) in [7, 11) is 1.15. The van der Waals surface area contributed by atoms with Crippen molar-refractivity contribution in [3.8, 4) is 0 Å². The number of phosphoric ester groups is 1. The Kier molecular flexibility index (Phi) is 39.0. The first kappa shape index (κ1) is 56.0. The van der Waals surface area contributed by atoms with Crippen molar-refractivity contribution < 1.29 is 42.1 Å². The molecule has 10 heteroatoms. The largest absolute Gasteiger partial charge is 0.756 e. The van der Waals surface area contributed by atoms with Crippen molar-refractivity contribution in [2.45, 2.75) is 200 Å². The van der Waals surface area contributed by atoms with Crippen LogP contribution in [0.2, 0.25) is 0 Å². The molecule has 0 aromatic heterocycles. The highest BCUT2D eigenvalue weighted by Crippen LogP contribution is 2.38. The van der Waals surface area contributed by atoms with Crippen LogP contribution in [0.25, 0.3) is 0 Å². The molecule has 0 radical (unpaired) electrons. The summed E-state index contributed by atoms with van der Waals surface area (Å²) < 4.78 is 33.9. The van der Waals surface area contributed by atoms with E-state index < -0.39 is 32.5 Å². The van der Waals surface area contributed by atoms with Crippen molar-refractivity contribution in [2.75, 3.05) is 47.5 Å². The highest BCUT2D eigenvalue weighted by molar-refractivity contribution is 7.45. The normalized spacial score (nSPS) is 14.0. The Balaban J connectivity index is 4.37. The molecule has 2 atom stereocenters. The van der Waals surface area contributed by atoms with Crippen LogP contribution >= 0.6 is 7.82 Å². The van der Waals surface area contributed by atoms with E-state index in [2.05, 4.69) is 62.5 Å². The second kappa shape index (κ2) is 40.4. The molecule has 0 N–H and O–H groups in total. The van der Waals surface area contributed by atoms with Gasteiger partial charge in [-0.3, -0.25) is 14.2 Å². The van der Waals surface area contributed by atoms with Crippen molar-refractivity contribution in [1.82, 2.24) is 0 Å². The maximum absolute atomic E-state index is 12.7. The van der Waals surface area contributed by atoms with Crippen LogP contribution in [0.3, 0.4) is 0 Å². The van der Waals surface area contributed by atoms with Gasteiger partial charge in [0, 0.05) is 12.8 Å². The maximum atomic E-state index is 12.7. The Labute approximate surface area is 356 Å². The Morgan fingerprint density at radius 3 is 1.45 bits per heavy atom. The van der Waals surface area contributed by atoms with Crippen molar-refractivity contribution in [3.63, 3.8) is 0 Å². The number of ether oxygens (including phenoxy) is 2. The summed E-state index contributed by atoms with van der Waals surface area (Å²) in [5, 5.41) is 0. The molecule has 0 heterocycles. The van der Waals surface area contributed by atoms with E-state index in [-0.39, 0.29) is 26.1 Å². The molecule has 0 rings (SSSR count). The lowest BCUT2D eigenvalue weighted by Gasteiger charge is -2.28. The molecule has 0 aliphatic carbocycles. The Morgan fingerprint density at radius 2 is 0.966 bits per heavy atom. The molecule has 0 bridgehead atoms. The summed E-state index contributed by atoms with van der Waals surface area (Å²) in [6, 6.07) is 0. The number of allylic oxidation sites excluding steroid dienone is 8. The summed E-state index contributed by atoms with van der Waals surface area (Å²) in [4.78, 5) is 37.6. The van der Waals surface area contributed by atoms with Crippen LogP contribution in [0, 0.1) is 0 Å². The summed E-state index contributed by atoms with van der Waals surface area (Å²) >= 11 is 0. The van der Waals surface area contributed by atoms with Gasteiger partial charge in [0.1, 0.15) is 19.8 Å². The van der Waals surface area contributed by atoms with Gasteiger partial charge >= 0.3 is 11.9 Å². The minimum absolute atomic E-state index is 0.0364. The van der Waals surface area contributed by atoms with Gasteiger partial charge in [-0.2, -0.15) is 0 Å². The van der Waals surface area contributed by atoms with Crippen LogP contribution in [0.5, 0.6) is 0 Å². The van der Waals surface area contributed by atoms with Crippen LogP contribution in [-0.4, -0.2) is 70.0 Å². The number of hydrogen-bond acceptors (Lipinski definition) is 8. The fourth-order valence-electron chi connectivity index (χ4n) is 6.18. The smallest absolute Gasteiger partial charge is 0.306 e. The molecule has 0 aliphatic heterocycles.